The van der Waals surface area contributed by atoms with Crippen LogP contribution in [-0.4, -0.2) is 32.4 Å². The van der Waals surface area contributed by atoms with Crippen molar-refractivity contribution in [3.8, 4) is 0 Å². The second-order valence-electron chi connectivity index (χ2n) is 4.67. The van der Waals surface area contributed by atoms with Gasteiger partial charge in [0, 0.05) is 6.42 Å². The summed E-state index contributed by atoms with van der Waals surface area (Å²) in [6.07, 6.45) is 0.602. The van der Waals surface area contributed by atoms with Crippen molar-refractivity contribution in [2.75, 3.05) is 0 Å². The predicted octanol–water partition coefficient (Wildman–Crippen LogP) is 2.04. The molecule has 0 aliphatic heterocycles. The zero-order valence-electron chi connectivity index (χ0n) is 10.8. The van der Waals surface area contributed by atoms with E-state index in [1.165, 1.54) is 0 Å². The summed E-state index contributed by atoms with van der Waals surface area (Å²) in [6, 6.07) is 0.818. The van der Waals surface area contributed by atoms with Gasteiger partial charge in [-0.15, -0.1) is 0 Å². The van der Waals surface area contributed by atoms with E-state index in [0.29, 0.717) is 6.42 Å². The molecule has 0 aromatic carbocycles. The summed E-state index contributed by atoms with van der Waals surface area (Å²) in [6.45, 7) is 12.4. The fourth-order valence-electron chi connectivity index (χ4n) is 1.55. The van der Waals surface area contributed by atoms with Crippen LogP contribution in [0.15, 0.2) is 0 Å². The van der Waals surface area contributed by atoms with Crippen LogP contribution in [0.1, 0.15) is 13.3 Å². The molecular weight excluding hydrogens is 240 g/mol. The fourth-order valence-corrected chi connectivity index (χ4v) is 12.0. The number of Topliss-reactive ketones (excluding diaryl/α,β-unsaturated/α-hetero) is 1. The van der Waals surface area contributed by atoms with Crippen molar-refractivity contribution in [2.24, 2.45) is 0 Å². The minimum atomic E-state index is -2.04. The molecule has 0 rings (SSSR count). The molecule has 0 bridgehead atoms. The molecule has 0 spiro atoms. The van der Waals surface area contributed by atoms with Gasteiger partial charge in [-0.05, 0) is 45.7 Å². The van der Waals surface area contributed by atoms with Gasteiger partial charge in [-0.1, -0.05) is 0 Å². The van der Waals surface area contributed by atoms with Gasteiger partial charge in [-0.2, -0.15) is 0 Å². The van der Waals surface area contributed by atoms with Crippen molar-refractivity contribution in [1.82, 2.24) is 0 Å². The Morgan fingerprint density at radius 3 is 1.80 bits per heavy atom. The van der Waals surface area contributed by atoms with E-state index in [9.17, 15) is 4.79 Å². The average molecular weight is 265 g/mol. The topological polar surface area (TPSA) is 35.5 Å². The van der Waals surface area contributed by atoms with Gasteiger partial charge in [-0.3, -0.25) is 0 Å². The summed E-state index contributed by atoms with van der Waals surface area (Å²) in [7, 11) is -4.18. The van der Waals surface area contributed by atoms with E-state index in [1.54, 1.807) is 6.92 Å². The Morgan fingerprint density at radius 1 is 1.13 bits per heavy atom. The number of carbonyl (C=O) groups excluding carboxylic acids is 1. The first-order valence-corrected chi connectivity index (χ1v) is 13.7. The summed E-state index contributed by atoms with van der Waals surface area (Å²) >= 11 is 0. The molecule has 0 unspecified atom stereocenters. The second kappa shape index (κ2) is 6.74. The van der Waals surface area contributed by atoms with E-state index >= 15 is 0 Å². The van der Waals surface area contributed by atoms with Crippen LogP contribution >= 0.6 is 0 Å². The van der Waals surface area contributed by atoms with Crippen LogP contribution in [0.2, 0.25) is 38.8 Å². The molecule has 0 saturated heterocycles. The fraction of sp³-hybridized carbons (Fsp3) is 0.889. The van der Waals surface area contributed by atoms with Gasteiger partial charge in [0.05, 0.1) is 0 Å². The number of hydrogen-bond acceptors (Lipinski definition) is 3. The molecule has 0 fully saturated rings. The monoisotopic (exact) mass is 264 g/mol. The highest BCUT2D eigenvalue weighted by molar-refractivity contribution is 6.79. The van der Waals surface area contributed by atoms with Gasteiger partial charge in [0.15, 0.2) is 18.1 Å². The van der Waals surface area contributed by atoms with E-state index in [4.69, 9.17) is 8.23 Å². The minimum absolute atomic E-state index is 0.233. The maximum Gasteiger partial charge on any atom is 0.314 e. The molecule has 0 amide bonds. The highest BCUT2D eigenvalue weighted by Crippen LogP contribution is 2.18. The van der Waals surface area contributed by atoms with Crippen LogP contribution in [0.25, 0.3) is 0 Å². The predicted molar refractivity (Wildman–Crippen MR) is 71.6 cm³/mol. The zero-order valence-corrected chi connectivity index (χ0v) is 14.1. The molecule has 0 aromatic rings. The first-order chi connectivity index (χ1) is 6.75. The lowest BCUT2D eigenvalue weighted by atomic mass is 10.4. The molecule has 0 radical (unpaired) electrons. The quantitative estimate of drug-likeness (QED) is 0.660. The number of rotatable bonds is 7. The van der Waals surface area contributed by atoms with E-state index in [1.807, 2.05) is 0 Å². The Labute approximate surface area is 97.9 Å². The van der Waals surface area contributed by atoms with Gasteiger partial charge >= 0.3 is 8.56 Å². The lowest BCUT2D eigenvalue weighted by molar-refractivity contribution is -0.116. The molecule has 0 atom stereocenters. The first-order valence-electron chi connectivity index (χ1n) is 5.60. The molecule has 0 N–H and O–H groups in total. The average Bonchev–Trinajstić information content (AvgIpc) is 1.97. The Bertz CT molecular complexity index is 197. The highest BCUT2D eigenvalue weighted by Gasteiger charge is 2.33. The third-order valence-electron chi connectivity index (χ3n) is 1.90. The van der Waals surface area contributed by atoms with Crippen molar-refractivity contribution >= 4 is 32.4 Å². The third kappa shape index (κ3) is 8.09. The smallest absolute Gasteiger partial charge is 0.314 e. The van der Waals surface area contributed by atoms with E-state index in [0.717, 1.165) is 6.04 Å². The van der Waals surface area contributed by atoms with E-state index in [2.05, 4.69) is 32.7 Å². The van der Waals surface area contributed by atoms with Crippen LogP contribution in [-0.2, 0) is 13.0 Å². The highest BCUT2D eigenvalue weighted by atomic mass is 28.5. The van der Waals surface area contributed by atoms with E-state index < -0.39 is 26.6 Å². The first kappa shape index (κ1) is 15.2. The minimum Gasteiger partial charge on any atom is -0.439 e. The van der Waals surface area contributed by atoms with Crippen LogP contribution < -0.4 is 0 Å². The van der Waals surface area contributed by atoms with Crippen molar-refractivity contribution in [3.63, 3.8) is 0 Å². The summed E-state index contributed by atoms with van der Waals surface area (Å²) in [4.78, 5) is 11.0. The molecule has 0 heterocycles. The lowest BCUT2D eigenvalue weighted by Gasteiger charge is -2.31. The molecule has 0 saturated carbocycles. The molecule has 3 nitrogen and oxygen atoms in total. The number of carbonyl (C=O) groups is 1. The Morgan fingerprint density at radius 2 is 1.53 bits per heavy atom. The van der Waals surface area contributed by atoms with Crippen molar-refractivity contribution in [3.05, 3.63) is 0 Å². The van der Waals surface area contributed by atoms with Gasteiger partial charge in [0.25, 0.3) is 0 Å². The molecule has 6 heteroatoms. The van der Waals surface area contributed by atoms with Gasteiger partial charge < -0.3 is 13.0 Å². The largest absolute Gasteiger partial charge is 0.439 e. The maximum atomic E-state index is 11.0. The third-order valence-corrected chi connectivity index (χ3v) is 10.8. The Hall–Kier alpha value is 0.241. The summed E-state index contributed by atoms with van der Waals surface area (Å²) in [5.41, 5.74) is 0. The van der Waals surface area contributed by atoms with Crippen molar-refractivity contribution < 1.29 is 13.0 Å². The van der Waals surface area contributed by atoms with Gasteiger partial charge in [-0.25, -0.2) is 0 Å². The zero-order chi connectivity index (χ0) is 12.1. The lowest BCUT2D eigenvalue weighted by Crippen LogP contribution is -2.45. The summed E-state index contributed by atoms with van der Waals surface area (Å²) in [5.74, 6) is 0.233. The molecule has 15 heavy (non-hydrogen) atoms. The van der Waals surface area contributed by atoms with Crippen molar-refractivity contribution in [2.45, 2.75) is 52.1 Å². The van der Waals surface area contributed by atoms with Crippen molar-refractivity contribution in [1.29, 1.82) is 0 Å². The van der Waals surface area contributed by atoms with Gasteiger partial charge in [0.2, 0.25) is 0 Å². The molecule has 0 aliphatic carbocycles. The second-order valence-corrected chi connectivity index (χ2v) is 13.5. The van der Waals surface area contributed by atoms with E-state index in [-0.39, 0.29) is 5.78 Å². The standard InChI is InChI=1S/C9H24O3Si3/c1-9(10)7-8-15(6,11-13(2)3)12-14(4)5/h13-14H,7-8H2,1-6H3. The molecule has 0 aliphatic rings. The summed E-state index contributed by atoms with van der Waals surface area (Å²) in [5, 5.41) is 0. The van der Waals surface area contributed by atoms with Crippen LogP contribution in [0.3, 0.4) is 0 Å². The SMILES string of the molecule is CC(=O)CC[Si](C)(O[SiH](C)C)O[SiH](C)C. The Balaban J connectivity index is 4.32. The molecule has 0 aromatic heterocycles. The summed E-state index contributed by atoms with van der Waals surface area (Å²) < 4.78 is 12.1. The molecule has 90 valence electrons. The van der Waals surface area contributed by atoms with Gasteiger partial charge in [0.1, 0.15) is 5.78 Å². The maximum absolute atomic E-state index is 11.0. The van der Waals surface area contributed by atoms with Crippen LogP contribution in [0.5, 0.6) is 0 Å². The van der Waals surface area contributed by atoms with Crippen LogP contribution in [0, 0.1) is 0 Å². The molecular formula is C9H24O3Si3. The Kier molecular flexibility index (Phi) is 6.85. The van der Waals surface area contributed by atoms with Crippen LogP contribution in [0.4, 0.5) is 0 Å². The number of hydrogen-bond donors (Lipinski definition) is 0. The number of ketones is 1. The normalized spacial score (nSPS) is 12.5.